The van der Waals surface area contributed by atoms with E-state index in [1.807, 2.05) is 0 Å². The topological polar surface area (TPSA) is 26.0 Å². The zero-order valence-electron chi connectivity index (χ0n) is 7.71. The van der Waals surface area contributed by atoms with Crippen LogP contribution in [-0.2, 0) is 0 Å². The third kappa shape index (κ3) is 0.834. The van der Waals surface area contributed by atoms with Gasteiger partial charge in [-0.05, 0) is 68.2 Å². The van der Waals surface area contributed by atoms with Crippen LogP contribution >= 0.6 is 0 Å². The molecule has 4 bridgehead atoms. The Morgan fingerprint density at radius 2 is 1.75 bits per heavy atom. The van der Waals surface area contributed by atoms with Crippen molar-refractivity contribution in [1.82, 2.24) is 0 Å². The van der Waals surface area contributed by atoms with E-state index in [0.29, 0.717) is 0 Å². The molecule has 5 atom stereocenters. The molecule has 5 saturated carbocycles. The summed E-state index contributed by atoms with van der Waals surface area (Å²) in [6.07, 6.45) is 7.65. The summed E-state index contributed by atoms with van der Waals surface area (Å²) in [5.41, 5.74) is 5.82. The average molecular weight is 165 g/mol. The first-order chi connectivity index (χ1) is 5.88. The third-order valence-corrected chi connectivity index (χ3v) is 4.87. The molecule has 12 heavy (non-hydrogen) atoms. The molecule has 2 N–H and O–H groups in total. The van der Waals surface area contributed by atoms with Crippen LogP contribution < -0.4 is 5.73 Å². The lowest BCUT2D eigenvalue weighted by atomic mass is 9.50. The minimum absolute atomic E-state index is 0.908. The van der Waals surface area contributed by atoms with Gasteiger partial charge in [0, 0.05) is 0 Å². The molecule has 0 aromatic rings. The molecule has 0 unspecified atom stereocenters. The zero-order valence-corrected chi connectivity index (χ0v) is 7.71. The fourth-order valence-electron chi connectivity index (χ4n) is 4.30. The van der Waals surface area contributed by atoms with Gasteiger partial charge in [0.25, 0.3) is 0 Å². The van der Waals surface area contributed by atoms with E-state index in [-0.39, 0.29) is 0 Å². The van der Waals surface area contributed by atoms with Gasteiger partial charge in [-0.1, -0.05) is 0 Å². The van der Waals surface area contributed by atoms with Crippen LogP contribution in [0.2, 0.25) is 0 Å². The van der Waals surface area contributed by atoms with Crippen LogP contribution in [0.3, 0.4) is 0 Å². The Hall–Kier alpha value is -0.0400. The standard InChI is InChI=1S/C11H19N/c12-6-10-4-9-3-8-2-1-7(9)5-11(8)10/h7-11H,1-6,12H2/t7-,8-,9+,10-,11-/m0/s1. The van der Waals surface area contributed by atoms with Crippen LogP contribution in [-0.4, -0.2) is 6.54 Å². The van der Waals surface area contributed by atoms with Gasteiger partial charge in [0.2, 0.25) is 0 Å². The van der Waals surface area contributed by atoms with Crippen molar-refractivity contribution in [1.29, 1.82) is 0 Å². The van der Waals surface area contributed by atoms with Gasteiger partial charge in [-0.25, -0.2) is 0 Å². The van der Waals surface area contributed by atoms with Gasteiger partial charge in [-0.15, -0.1) is 0 Å². The van der Waals surface area contributed by atoms with Gasteiger partial charge in [-0.3, -0.25) is 0 Å². The molecule has 0 heterocycles. The summed E-state index contributed by atoms with van der Waals surface area (Å²) in [5, 5.41) is 0. The van der Waals surface area contributed by atoms with Gasteiger partial charge >= 0.3 is 0 Å². The van der Waals surface area contributed by atoms with Crippen LogP contribution in [0, 0.1) is 29.6 Å². The maximum atomic E-state index is 5.82. The molecular formula is C11H19N. The van der Waals surface area contributed by atoms with Gasteiger partial charge < -0.3 is 5.73 Å². The normalized spacial score (nSPS) is 56.2. The Balaban J connectivity index is 1.86. The van der Waals surface area contributed by atoms with Crippen LogP contribution in [0.25, 0.3) is 0 Å². The lowest BCUT2D eigenvalue weighted by Gasteiger charge is -2.56. The second-order valence-corrected chi connectivity index (χ2v) is 5.22. The van der Waals surface area contributed by atoms with Crippen LogP contribution in [0.5, 0.6) is 0 Å². The third-order valence-electron chi connectivity index (χ3n) is 4.87. The molecular weight excluding hydrogens is 146 g/mol. The van der Waals surface area contributed by atoms with Gasteiger partial charge in [0.05, 0.1) is 0 Å². The number of hydrogen-bond acceptors (Lipinski definition) is 1. The second-order valence-electron chi connectivity index (χ2n) is 5.22. The molecule has 0 aromatic heterocycles. The van der Waals surface area contributed by atoms with E-state index < -0.39 is 0 Å². The minimum Gasteiger partial charge on any atom is -0.330 e. The zero-order chi connectivity index (χ0) is 8.13. The maximum absolute atomic E-state index is 5.82. The van der Waals surface area contributed by atoms with Crippen LogP contribution in [0.4, 0.5) is 0 Å². The van der Waals surface area contributed by atoms with Crippen molar-refractivity contribution < 1.29 is 0 Å². The Morgan fingerprint density at radius 3 is 2.33 bits per heavy atom. The maximum Gasteiger partial charge on any atom is -0.00460 e. The smallest absolute Gasteiger partial charge is 0.00460 e. The number of nitrogens with two attached hydrogens (primary N) is 1. The molecule has 1 nitrogen and oxygen atoms in total. The van der Waals surface area contributed by atoms with Crippen LogP contribution in [0.1, 0.15) is 32.1 Å². The first-order valence-corrected chi connectivity index (χ1v) is 5.58. The SMILES string of the molecule is NC[C@@H]1C[C@H]2C[C@@H]3CC[C@H]2C[C@H]13. The molecule has 5 aliphatic carbocycles. The Morgan fingerprint density at radius 1 is 0.917 bits per heavy atom. The van der Waals surface area contributed by atoms with E-state index in [0.717, 1.165) is 36.1 Å². The lowest BCUT2D eigenvalue weighted by Crippen LogP contribution is -2.49. The van der Waals surface area contributed by atoms with E-state index in [2.05, 4.69) is 0 Å². The first-order valence-electron chi connectivity index (χ1n) is 5.58. The highest BCUT2D eigenvalue weighted by atomic mass is 14.6. The number of rotatable bonds is 1. The highest BCUT2D eigenvalue weighted by Gasteiger charge is 2.49. The number of hydrogen-bond donors (Lipinski definition) is 1. The minimum atomic E-state index is 0.908. The fourth-order valence-corrected chi connectivity index (χ4v) is 4.30. The summed E-state index contributed by atoms with van der Waals surface area (Å²) in [4.78, 5) is 0. The summed E-state index contributed by atoms with van der Waals surface area (Å²) in [7, 11) is 0. The average Bonchev–Trinajstić information content (AvgIpc) is 2.17. The highest BCUT2D eigenvalue weighted by molar-refractivity contribution is 4.99. The molecule has 0 amide bonds. The number of fused-ring (bicyclic) bond motifs is 2. The predicted octanol–water partition coefficient (Wildman–Crippen LogP) is 2.02. The Kier molecular flexibility index (Phi) is 1.52. The second kappa shape index (κ2) is 2.47. The molecule has 0 aromatic carbocycles. The van der Waals surface area contributed by atoms with Crippen molar-refractivity contribution in [2.24, 2.45) is 35.3 Å². The first kappa shape index (κ1) is 7.37. The van der Waals surface area contributed by atoms with Crippen molar-refractivity contribution in [3.63, 3.8) is 0 Å². The molecule has 0 radical (unpaired) electrons. The molecule has 68 valence electrons. The predicted molar refractivity (Wildman–Crippen MR) is 49.6 cm³/mol. The van der Waals surface area contributed by atoms with Gasteiger partial charge in [-0.2, -0.15) is 0 Å². The van der Waals surface area contributed by atoms with E-state index >= 15 is 0 Å². The van der Waals surface area contributed by atoms with E-state index in [4.69, 9.17) is 5.73 Å². The molecule has 5 fully saturated rings. The fraction of sp³-hybridized carbons (Fsp3) is 1.00. The summed E-state index contributed by atoms with van der Waals surface area (Å²) in [6, 6.07) is 0. The lowest BCUT2D eigenvalue weighted by molar-refractivity contribution is -0.0555. The van der Waals surface area contributed by atoms with Crippen LogP contribution in [0.15, 0.2) is 0 Å². The van der Waals surface area contributed by atoms with Crippen molar-refractivity contribution in [2.75, 3.05) is 6.54 Å². The molecule has 0 spiro atoms. The molecule has 1 heteroatoms. The molecule has 0 saturated heterocycles. The summed E-state index contributed by atoms with van der Waals surface area (Å²) in [5.74, 6) is 5.23. The Labute approximate surface area is 74.7 Å². The molecule has 0 aliphatic heterocycles. The Bertz CT molecular complexity index is 187. The van der Waals surface area contributed by atoms with E-state index in [9.17, 15) is 0 Å². The monoisotopic (exact) mass is 165 g/mol. The van der Waals surface area contributed by atoms with Gasteiger partial charge in [0.15, 0.2) is 0 Å². The van der Waals surface area contributed by atoms with Crippen molar-refractivity contribution in [2.45, 2.75) is 32.1 Å². The molecule has 5 aliphatic rings. The van der Waals surface area contributed by atoms with Crippen molar-refractivity contribution in [3.05, 3.63) is 0 Å². The van der Waals surface area contributed by atoms with Crippen molar-refractivity contribution >= 4 is 0 Å². The van der Waals surface area contributed by atoms with Gasteiger partial charge in [0.1, 0.15) is 0 Å². The van der Waals surface area contributed by atoms with E-state index in [1.165, 1.54) is 19.3 Å². The largest absolute Gasteiger partial charge is 0.330 e. The van der Waals surface area contributed by atoms with Crippen molar-refractivity contribution in [3.8, 4) is 0 Å². The summed E-state index contributed by atoms with van der Waals surface area (Å²) >= 11 is 0. The van der Waals surface area contributed by atoms with E-state index in [1.54, 1.807) is 12.8 Å². The summed E-state index contributed by atoms with van der Waals surface area (Å²) < 4.78 is 0. The molecule has 5 rings (SSSR count). The summed E-state index contributed by atoms with van der Waals surface area (Å²) in [6.45, 7) is 0.963. The quantitative estimate of drug-likeness (QED) is 0.632. The highest BCUT2D eigenvalue weighted by Crippen LogP contribution is 2.57.